The van der Waals surface area contributed by atoms with E-state index in [0.29, 0.717) is 24.5 Å². The monoisotopic (exact) mass is 464 g/mol. The number of likely N-dealkylation sites (tertiary alicyclic amines) is 1. The van der Waals surface area contributed by atoms with Crippen molar-refractivity contribution in [1.82, 2.24) is 20.2 Å². The van der Waals surface area contributed by atoms with E-state index >= 15 is 0 Å². The van der Waals surface area contributed by atoms with E-state index in [0.717, 1.165) is 46.8 Å². The standard InChI is InChI=1S/C25H28N4O3S/c1-17-22(33-24(28-17)19-5-3-12-26-15-19)25(31)29-14-4-6-20(16-29)23(30)27-13-11-18-7-9-21(32-2)10-8-18/h3,5,7-10,12,15,20H,4,6,11,13-14,16H2,1-2H3,(H,27,30). The SMILES string of the molecule is COc1ccc(CCNC(=O)C2CCCN(C(=O)c3sc(-c4cccnc4)nc3C)C2)cc1. The summed E-state index contributed by atoms with van der Waals surface area (Å²) in [7, 11) is 1.64. The number of pyridine rings is 1. The first kappa shape index (κ1) is 22.9. The van der Waals surface area contributed by atoms with Gasteiger partial charge < -0.3 is 15.0 Å². The number of thiazole rings is 1. The average molecular weight is 465 g/mol. The number of hydrogen-bond acceptors (Lipinski definition) is 6. The van der Waals surface area contributed by atoms with Gasteiger partial charge in [-0.25, -0.2) is 4.98 Å². The summed E-state index contributed by atoms with van der Waals surface area (Å²) in [6.45, 7) is 3.52. The Morgan fingerprint density at radius 3 is 2.79 bits per heavy atom. The van der Waals surface area contributed by atoms with E-state index < -0.39 is 0 Å². The van der Waals surface area contributed by atoms with Crippen molar-refractivity contribution in [2.24, 2.45) is 5.92 Å². The van der Waals surface area contributed by atoms with Crippen LogP contribution in [0.5, 0.6) is 5.75 Å². The lowest BCUT2D eigenvalue weighted by Crippen LogP contribution is -2.45. The summed E-state index contributed by atoms with van der Waals surface area (Å²) in [5, 5.41) is 3.83. The zero-order chi connectivity index (χ0) is 23.2. The third-order valence-electron chi connectivity index (χ3n) is 5.85. The van der Waals surface area contributed by atoms with E-state index in [1.807, 2.05) is 43.3 Å². The van der Waals surface area contributed by atoms with Crippen molar-refractivity contribution in [1.29, 1.82) is 0 Å². The van der Waals surface area contributed by atoms with Crippen LogP contribution in [0.3, 0.4) is 0 Å². The van der Waals surface area contributed by atoms with E-state index in [1.165, 1.54) is 11.3 Å². The van der Waals surface area contributed by atoms with Crippen LogP contribution in [-0.4, -0.2) is 53.4 Å². The molecule has 1 aromatic carbocycles. The molecule has 2 aromatic heterocycles. The Hall–Kier alpha value is -3.26. The minimum atomic E-state index is -0.190. The van der Waals surface area contributed by atoms with Gasteiger partial charge in [0.1, 0.15) is 15.6 Å². The fourth-order valence-corrected chi connectivity index (χ4v) is 5.02. The molecule has 1 N–H and O–H groups in total. The number of aromatic nitrogens is 2. The van der Waals surface area contributed by atoms with E-state index in [1.54, 1.807) is 24.4 Å². The second-order valence-corrected chi connectivity index (χ2v) is 9.15. The lowest BCUT2D eigenvalue weighted by Gasteiger charge is -2.31. The van der Waals surface area contributed by atoms with Crippen LogP contribution in [0.2, 0.25) is 0 Å². The average Bonchev–Trinajstić information content (AvgIpc) is 3.26. The number of amides is 2. The highest BCUT2D eigenvalue weighted by Crippen LogP contribution is 2.29. The topological polar surface area (TPSA) is 84.4 Å². The lowest BCUT2D eigenvalue weighted by atomic mass is 9.96. The van der Waals surface area contributed by atoms with Crippen molar-refractivity contribution in [3.63, 3.8) is 0 Å². The summed E-state index contributed by atoms with van der Waals surface area (Å²) in [5.74, 6) is 0.594. The van der Waals surface area contributed by atoms with Crippen molar-refractivity contribution in [3.8, 4) is 16.3 Å². The number of nitrogens with zero attached hydrogens (tertiary/aromatic N) is 3. The summed E-state index contributed by atoms with van der Waals surface area (Å²) >= 11 is 1.39. The van der Waals surface area contributed by atoms with Gasteiger partial charge in [0.05, 0.1) is 18.7 Å². The van der Waals surface area contributed by atoms with Crippen molar-refractivity contribution < 1.29 is 14.3 Å². The first-order valence-corrected chi connectivity index (χ1v) is 11.9. The normalized spacial score (nSPS) is 15.8. The van der Waals surface area contributed by atoms with Crippen LogP contribution < -0.4 is 10.1 Å². The molecule has 0 spiro atoms. The molecular formula is C25H28N4O3S. The van der Waals surface area contributed by atoms with E-state index in [4.69, 9.17) is 4.74 Å². The second-order valence-electron chi connectivity index (χ2n) is 8.15. The molecule has 4 rings (SSSR count). The number of carbonyl (C=O) groups excluding carboxylic acids is 2. The van der Waals surface area contributed by atoms with Gasteiger partial charge in [-0.05, 0) is 56.0 Å². The molecule has 0 saturated carbocycles. The van der Waals surface area contributed by atoms with Gasteiger partial charge in [0.25, 0.3) is 5.91 Å². The van der Waals surface area contributed by atoms with Crippen molar-refractivity contribution in [3.05, 3.63) is 64.9 Å². The number of benzene rings is 1. The summed E-state index contributed by atoms with van der Waals surface area (Å²) in [6, 6.07) is 11.6. The van der Waals surface area contributed by atoms with Crippen molar-refractivity contribution in [2.75, 3.05) is 26.7 Å². The van der Waals surface area contributed by atoms with Gasteiger partial charge in [-0.15, -0.1) is 11.3 Å². The fraction of sp³-hybridized carbons (Fsp3) is 0.360. The van der Waals surface area contributed by atoms with Gasteiger partial charge in [0.15, 0.2) is 0 Å². The first-order valence-electron chi connectivity index (χ1n) is 11.1. The molecule has 8 heteroatoms. The molecule has 1 atom stereocenters. The van der Waals surface area contributed by atoms with Crippen LogP contribution >= 0.6 is 11.3 Å². The maximum atomic E-state index is 13.2. The number of aryl methyl sites for hydroxylation is 1. The van der Waals surface area contributed by atoms with Crippen LogP contribution in [0.4, 0.5) is 0 Å². The van der Waals surface area contributed by atoms with Gasteiger partial charge in [-0.2, -0.15) is 0 Å². The van der Waals surface area contributed by atoms with Gasteiger partial charge in [0.2, 0.25) is 5.91 Å². The molecule has 3 heterocycles. The highest BCUT2D eigenvalue weighted by atomic mass is 32.1. The molecule has 2 amide bonds. The molecular weight excluding hydrogens is 436 g/mol. The van der Waals surface area contributed by atoms with Crippen LogP contribution in [0.25, 0.3) is 10.6 Å². The molecule has 1 fully saturated rings. The first-order chi connectivity index (χ1) is 16.0. The van der Waals surface area contributed by atoms with Crippen LogP contribution in [-0.2, 0) is 11.2 Å². The van der Waals surface area contributed by atoms with E-state index in [9.17, 15) is 9.59 Å². The van der Waals surface area contributed by atoms with Crippen molar-refractivity contribution >= 4 is 23.2 Å². The summed E-state index contributed by atoms with van der Waals surface area (Å²) in [5.41, 5.74) is 2.76. The Bertz CT molecular complexity index is 1100. The Labute approximate surface area is 197 Å². The molecule has 0 bridgehead atoms. The third-order valence-corrected chi connectivity index (χ3v) is 7.05. The summed E-state index contributed by atoms with van der Waals surface area (Å²) in [4.78, 5) is 37.1. The minimum absolute atomic E-state index is 0.0121. The third kappa shape index (κ3) is 5.57. The number of nitrogens with one attached hydrogen (secondary N) is 1. The summed E-state index contributed by atoms with van der Waals surface area (Å²) < 4.78 is 5.18. The second kappa shape index (κ2) is 10.6. The van der Waals surface area contributed by atoms with Gasteiger partial charge in [-0.3, -0.25) is 14.6 Å². The molecule has 1 aliphatic rings. The number of hydrogen-bond donors (Lipinski definition) is 1. The molecule has 33 heavy (non-hydrogen) atoms. The maximum Gasteiger partial charge on any atom is 0.265 e. The number of rotatable bonds is 7. The van der Waals surface area contributed by atoms with Crippen LogP contribution in [0.1, 0.15) is 33.8 Å². The number of methoxy groups -OCH3 is 1. The van der Waals surface area contributed by atoms with E-state index in [-0.39, 0.29) is 17.7 Å². The molecule has 0 radical (unpaired) electrons. The Morgan fingerprint density at radius 2 is 2.06 bits per heavy atom. The molecule has 7 nitrogen and oxygen atoms in total. The van der Waals surface area contributed by atoms with E-state index in [2.05, 4.69) is 15.3 Å². The predicted octanol–water partition coefficient (Wildman–Crippen LogP) is 3.73. The number of carbonyl (C=O) groups is 2. The zero-order valence-corrected chi connectivity index (χ0v) is 19.7. The van der Waals surface area contributed by atoms with Gasteiger partial charge in [0, 0.05) is 37.6 Å². The highest BCUT2D eigenvalue weighted by molar-refractivity contribution is 7.17. The van der Waals surface area contributed by atoms with Gasteiger partial charge >= 0.3 is 0 Å². The van der Waals surface area contributed by atoms with Gasteiger partial charge in [-0.1, -0.05) is 12.1 Å². The smallest absolute Gasteiger partial charge is 0.265 e. The fourth-order valence-electron chi connectivity index (χ4n) is 3.99. The molecule has 3 aromatic rings. The zero-order valence-electron chi connectivity index (χ0n) is 18.9. The number of ether oxygens (including phenoxy) is 1. The molecule has 172 valence electrons. The Morgan fingerprint density at radius 1 is 1.24 bits per heavy atom. The lowest BCUT2D eigenvalue weighted by molar-refractivity contribution is -0.126. The number of piperidine rings is 1. The molecule has 1 unspecified atom stereocenters. The largest absolute Gasteiger partial charge is 0.497 e. The quantitative estimate of drug-likeness (QED) is 0.576. The van der Waals surface area contributed by atoms with Crippen LogP contribution in [0.15, 0.2) is 48.8 Å². The maximum absolute atomic E-state index is 13.2. The summed E-state index contributed by atoms with van der Waals surface area (Å²) in [6.07, 6.45) is 5.82. The Kier molecular flexibility index (Phi) is 7.34. The van der Waals surface area contributed by atoms with Crippen LogP contribution in [0, 0.1) is 12.8 Å². The predicted molar refractivity (Wildman–Crippen MR) is 128 cm³/mol. The highest BCUT2D eigenvalue weighted by Gasteiger charge is 2.30. The van der Waals surface area contributed by atoms with Crippen molar-refractivity contribution in [2.45, 2.75) is 26.2 Å². The molecule has 0 aliphatic carbocycles. The minimum Gasteiger partial charge on any atom is -0.497 e. The Balaban J connectivity index is 1.33. The molecule has 1 saturated heterocycles. The molecule has 1 aliphatic heterocycles.